The van der Waals surface area contributed by atoms with Gasteiger partial charge < -0.3 is 5.32 Å². The predicted molar refractivity (Wildman–Crippen MR) is 123 cm³/mol. The molecule has 1 aliphatic carbocycles. The van der Waals surface area contributed by atoms with Crippen molar-refractivity contribution < 1.29 is 13.6 Å². The van der Waals surface area contributed by atoms with Gasteiger partial charge in [-0.15, -0.1) is 0 Å². The van der Waals surface area contributed by atoms with Crippen LogP contribution in [0.1, 0.15) is 40.0 Å². The van der Waals surface area contributed by atoms with Crippen LogP contribution in [0.3, 0.4) is 0 Å². The molecule has 1 heterocycles. The zero-order valence-corrected chi connectivity index (χ0v) is 18.0. The van der Waals surface area contributed by atoms with E-state index in [1.807, 2.05) is 18.2 Å². The maximum atomic E-state index is 14.7. The smallest absolute Gasteiger partial charge is 0.251 e. The Hall–Kier alpha value is -3.80. The minimum absolute atomic E-state index is 0.222. The first kappa shape index (κ1) is 21.1. The van der Waals surface area contributed by atoms with Crippen LogP contribution in [-0.4, -0.2) is 15.7 Å². The second-order valence-corrected chi connectivity index (χ2v) is 8.23. The second kappa shape index (κ2) is 8.98. The highest BCUT2D eigenvalue weighted by Gasteiger charge is 2.24. The van der Waals surface area contributed by atoms with Gasteiger partial charge in [-0.3, -0.25) is 4.79 Å². The van der Waals surface area contributed by atoms with E-state index >= 15 is 0 Å². The van der Waals surface area contributed by atoms with Crippen LogP contribution >= 0.6 is 0 Å². The van der Waals surface area contributed by atoms with E-state index in [2.05, 4.69) is 5.32 Å². The molecule has 6 heteroatoms. The van der Waals surface area contributed by atoms with Crippen LogP contribution in [0.4, 0.5) is 8.78 Å². The van der Waals surface area contributed by atoms with Crippen molar-refractivity contribution in [1.82, 2.24) is 15.1 Å². The van der Waals surface area contributed by atoms with E-state index in [0.29, 0.717) is 17.7 Å². The van der Waals surface area contributed by atoms with Gasteiger partial charge in [0.2, 0.25) is 0 Å². The maximum absolute atomic E-state index is 14.7. The molecule has 0 spiro atoms. The first-order valence-electron chi connectivity index (χ1n) is 11.1. The molecule has 0 unspecified atom stereocenters. The zero-order valence-electron chi connectivity index (χ0n) is 18.0. The van der Waals surface area contributed by atoms with Crippen molar-refractivity contribution in [3.05, 3.63) is 107 Å². The van der Waals surface area contributed by atoms with Gasteiger partial charge >= 0.3 is 0 Å². The Bertz CT molecular complexity index is 1290. The summed E-state index contributed by atoms with van der Waals surface area (Å²) in [6.45, 7) is 0.310. The molecule has 4 nitrogen and oxygen atoms in total. The summed E-state index contributed by atoms with van der Waals surface area (Å²) >= 11 is 0. The van der Waals surface area contributed by atoms with Crippen LogP contribution in [0, 0.1) is 11.6 Å². The van der Waals surface area contributed by atoms with Crippen LogP contribution in [0.15, 0.2) is 72.8 Å². The van der Waals surface area contributed by atoms with Crippen LogP contribution in [-0.2, 0) is 19.4 Å². The van der Waals surface area contributed by atoms with Gasteiger partial charge in [0.1, 0.15) is 11.6 Å². The molecular formula is C27H23F2N3O. The molecule has 1 N–H and O–H groups in total. The lowest BCUT2D eigenvalue weighted by Crippen LogP contribution is -2.22. The molecule has 0 saturated carbocycles. The van der Waals surface area contributed by atoms with Gasteiger partial charge in [0.25, 0.3) is 5.91 Å². The van der Waals surface area contributed by atoms with Gasteiger partial charge in [-0.2, -0.15) is 5.10 Å². The summed E-state index contributed by atoms with van der Waals surface area (Å²) in [4.78, 5) is 12.6. The Morgan fingerprint density at radius 2 is 1.64 bits per heavy atom. The van der Waals surface area contributed by atoms with Crippen molar-refractivity contribution in [2.45, 2.75) is 32.2 Å². The van der Waals surface area contributed by atoms with Gasteiger partial charge in [0, 0.05) is 23.2 Å². The predicted octanol–water partition coefficient (Wildman–Crippen LogP) is 5.63. The maximum Gasteiger partial charge on any atom is 0.251 e. The number of nitrogens with zero attached hydrogens (tertiary/aromatic N) is 2. The molecular weight excluding hydrogens is 420 g/mol. The third-order valence-electron chi connectivity index (χ3n) is 6.03. The van der Waals surface area contributed by atoms with Crippen LogP contribution in [0.5, 0.6) is 0 Å². The second-order valence-electron chi connectivity index (χ2n) is 8.23. The third kappa shape index (κ3) is 4.29. The highest BCUT2D eigenvalue weighted by molar-refractivity contribution is 5.94. The van der Waals surface area contributed by atoms with Crippen LogP contribution in [0.2, 0.25) is 0 Å². The summed E-state index contributed by atoms with van der Waals surface area (Å²) in [7, 11) is 0. The van der Waals surface area contributed by atoms with Crippen molar-refractivity contribution >= 4 is 5.91 Å². The first-order chi connectivity index (χ1) is 16.1. The van der Waals surface area contributed by atoms with Crippen LogP contribution < -0.4 is 5.32 Å². The van der Waals surface area contributed by atoms with Gasteiger partial charge in [-0.1, -0.05) is 24.3 Å². The van der Waals surface area contributed by atoms with Gasteiger partial charge in [-0.05, 0) is 79.8 Å². The average molecular weight is 443 g/mol. The molecule has 0 saturated heterocycles. The Kier molecular flexibility index (Phi) is 5.73. The number of carbonyl (C=O) groups is 1. The number of carbonyl (C=O) groups excluding carboxylic acids is 1. The molecule has 0 aliphatic heterocycles. The molecule has 4 aromatic rings. The van der Waals surface area contributed by atoms with Crippen molar-refractivity contribution in [3.8, 4) is 16.9 Å². The van der Waals surface area contributed by atoms with E-state index in [-0.39, 0.29) is 17.5 Å². The number of amides is 1. The summed E-state index contributed by atoms with van der Waals surface area (Å²) < 4.78 is 29.6. The van der Waals surface area contributed by atoms with Crippen molar-refractivity contribution in [2.75, 3.05) is 0 Å². The largest absolute Gasteiger partial charge is 0.348 e. The number of hydrogen-bond donors (Lipinski definition) is 1. The van der Waals surface area contributed by atoms with Crippen LogP contribution in [0.25, 0.3) is 16.9 Å². The fraction of sp³-hybridized carbons (Fsp3) is 0.185. The van der Waals surface area contributed by atoms with E-state index in [9.17, 15) is 13.6 Å². The standard InChI is InChI=1S/C27H23F2N3O/c28-20-13-9-18(10-14-20)17-30-27(33)19-11-15-21(16-12-19)32-26(22-5-1-3-7-24(22)29)23-6-2-4-8-25(23)31-32/h1,3,5,7,9-16H,2,4,6,8,17H2,(H,30,33). The summed E-state index contributed by atoms with van der Waals surface area (Å²) in [5, 5.41) is 7.66. The molecule has 33 heavy (non-hydrogen) atoms. The molecule has 1 aliphatic rings. The average Bonchev–Trinajstić information content (AvgIpc) is 3.23. The van der Waals surface area contributed by atoms with Gasteiger partial charge in [-0.25, -0.2) is 13.5 Å². The third-order valence-corrected chi connectivity index (χ3v) is 6.03. The Morgan fingerprint density at radius 3 is 2.39 bits per heavy atom. The molecule has 0 radical (unpaired) electrons. The lowest BCUT2D eigenvalue weighted by molar-refractivity contribution is 0.0951. The summed E-state index contributed by atoms with van der Waals surface area (Å²) in [6.07, 6.45) is 3.90. The molecule has 3 aromatic carbocycles. The Labute approximate surface area is 190 Å². The number of aromatic nitrogens is 2. The number of fused-ring (bicyclic) bond motifs is 1. The lowest BCUT2D eigenvalue weighted by atomic mass is 9.93. The minimum atomic E-state index is -0.310. The number of nitrogens with one attached hydrogen (secondary N) is 1. The Balaban J connectivity index is 1.42. The normalized spacial score (nSPS) is 12.9. The molecule has 1 amide bonds. The monoisotopic (exact) mass is 443 g/mol. The van der Waals surface area contributed by atoms with E-state index in [1.54, 1.807) is 41.1 Å². The minimum Gasteiger partial charge on any atom is -0.348 e. The quantitative estimate of drug-likeness (QED) is 0.435. The topological polar surface area (TPSA) is 46.9 Å². The number of halogens is 2. The van der Waals surface area contributed by atoms with E-state index < -0.39 is 0 Å². The van der Waals surface area contributed by atoms with E-state index in [4.69, 9.17) is 5.10 Å². The highest BCUT2D eigenvalue weighted by atomic mass is 19.1. The van der Waals surface area contributed by atoms with Crippen molar-refractivity contribution in [2.24, 2.45) is 0 Å². The molecule has 5 rings (SSSR count). The Morgan fingerprint density at radius 1 is 0.909 bits per heavy atom. The molecule has 1 aromatic heterocycles. The number of hydrogen-bond acceptors (Lipinski definition) is 2. The SMILES string of the molecule is O=C(NCc1ccc(F)cc1)c1ccc(-n2nc3c(c2-c2ccccc2F)CCCC3)cc1. The summed E-state index contributed by atoms with van der Waals surface area (Å²) in [6, 6.07) is 19.9. The number of benzene rings is 3. The fourth-order valence-electron chi connectivity index (χ4n) is 4.31. The highest BCUT2D eigenvalue weighted by Crippen LogP contribution is 2.34. The van der Waals surface area contributed by atoms with Gasteiger partial charge in [0.05, 0.1) is 17.1 Å². The molecule has 0 fully saturated rings. The van der Waals surface area contributed by atoms with Crippen molar-refractivity contribution in [3.63, 3.8) is 0 Å². The fourth-order valence-corrected chi connectivity index (χ4v) is 4.31. The molecule has 166 valence electrons. The summed E-state index contributed by atoms with van der Waals surface area (Å²) in [5.74, 6) is -0.806. The molecule has 0 bridgehead atoms. The molecule has 0 atom stereocenters. The zero-order chi connectivity index (χ0) is 22.8. The summed E-state index contributed by atoms with van der Waals surface area (Å²) in [5.41, 5.74) is 5.54. The van der Waals surface area contributed by atoms with E-state index in [0.717, 1.165) is 53.9 Å². The van der Waals surface area contributed by atoms with Gasteiger partial charge in [0.15, 0.2) is 0 Å². The number of aryl methyl sites for hydroxylation is 1. The van der Waals surface area contributed by atoms with Crippen molar-refractivity contribution in [1.29, 1.82) is 0 Å². The first-order valence-corrected chi connectivity index (χ1v) is 11.1. The number of rotatable bonds is 5. The van der Waals surface area contributed by atoms with E-state index in [1.165, 1.54) is 18.2 Å². The lowest BCUT2D eigenvalue weighted by Gasteiger charge is -2.13.